The van der Waals surface area contributed by atoms with Crippen LogP contribution in [0.2, 0.25) is 0 Å². The number of benzene rings is 1. The molecule has 0 atom stereocenters. The number of aryl methyl sites for hydroxylation is 1. The Bertz CT molecular complexity index is 626. The summed E-state index contributed by atoms with van der Waals surface area (Å²) in [4.78, 5) is 38.9. The first-order valence-corrected chi connectivity index (χ1v) is 8.42. The average Bonchev–Trinajstić information content (AvgIpc) is 3.32. The predicted octanol–water partition coefficient (Wildman–Crippen LogP) is 0.602. The van der Waals surface area contributed by atoms with Gasteiger partial charge in [-0.1, -0.05) is 17.7 Å². The van der Waals surface area contributed by atoms with E-state index in [-0.39, 0.29) is 37.4 Å². The lowest BCUT2D eigenvalue weighted by molar-refractivity contribution is -0.134. The molecule has 1 aliphatic rings. The molecule has 0 unspecified atom stereocenters. The van der Waals surface area contributed by atoms with Crippen molar-refractivity contribution in [3.63, 3.8) is 0 Å². The van der Waals surface area contributed by atoms with Crippen LogP contribution in [0.5, 0.6) is 0 Å². The highest BCUT2D eigenvalue weighted by atomic mass is 16.2. The third-order valence-corrected chi connectivity index (χ3v) is 3.90. The molecule has 0 bridgehead atoms. The number of likely N-dealkylation sites (N-methyl/N-ethyl adjacent to an activating group) is 2. The Balaban J connectivity index is 1.71. The quantitative estimate of drug-likeness (QED) is 0.722. The molecule has 0 aromatic heterocycles. The van der Waals surface area contributed by atoms with Gasteiger partial charge in [-0.25, -0.2) is 0 Å². The maximum Gasteiger partial charge on any atom is 0.243 e. The van der Waals surface area contributed by atoms with Gasteiger partial charge in [0.15, 0.2) is 0 Å². The Morgan fingerprint density at radius 1 is 1.00 bits per heavy atom. The molecule has 2 N–H and O–H groups in total. The largest absolute Gasteiger partial charge is 0.352 e. The number of hydrogen-bond acceptors (Lipinski definition) is 4. The second-order valence-electron chi connectivity index (χ2n) is 6.68. The highest BCUT2D eigenvalue weighted by molar-refractivity contribution is 5.94. The lowest BCUT2D eigenvalue weighted by Crippen LogP contribution is -2.43. The van der Waals surface area contributed by atoms with Crippen molar-refractivity contribution in [1.82, 2.24) is 15.1 Å². The van der Waals surface area contributed by atoms with Crippen LogP contribution in [-0.2, 0) is 14.4 Å². The van der Waals surface area contributed by atoms with Crippen molar-refractivity contribution < 1.29 is 14.4 Å². The first-order chi connectivity index (χ1) is 11.8. The lowest BCUT2D eigenvalue weighted by Gasteiger charge is -2.21. The van der Waals surface area contributed by atoms with Crippen molar-refractivity contribution >= 4 is 23.4 Å². The summed E-state index contributed by atoms with van der Waals surface area (Å²) in [6, 6.07) is 7.77. The van der Waals surface area contributed by atoms with E-state index in [1.54, 1.807) is 19.0 Å². The molecule has 7 nitrogen and oxygen atoms in total. The van der Waals surface area contributed by atoms with Crippen LogP contribution in [0.15, 0.2) is 24.3 Å². The topological polar surface area (TPSA) is 81.8 Å². The Hall–Kier alpha value is -2.41. The summed E-state index contributed by atoms with van der Waals surface area (Å²) in [5.74, 6) is -0.535. The number of carbonyl (C=O) groups excluding carboxylic acids is 3. The van der Waals surface area contributed by atoms with Crippen LogP contribution in [0.1, 0.15) is 18.4 Å². The maximum absolute atomic E-state index is 12.2. The highest BCUT2D eigenvalue weighted by Crippen LogP contribution is 2.18. The van der Waals surface area contributed by atoms with E-state index >= 15 is 0 Å². The molecular formula is C18H26N4O3. The Kier molecular flexibility index (Phi) is 6.52. The van der Waals surface area contributed by atoms with E-state index in [2.05, 4.69) is 10.6 Å². The smallest absolute Gasteiger partial charge is 0.243 e. The number of carbonyl (C=O) groups is 3. The first kappa shape index (κ1) is 18.9. The molecule has 0 saturated heterocycles. The van der Waals surface area contributed by atoms with Gasteiger partial charge in [0.05, 0.1) is 19.6 Å². The fraction of sp³-hybridized carbons (Fsp3) is 0.500. The van der Waals surface area contributed by atoms with Gasteiger partial charge in [0, 0.05) is 18.8 Å². The van der Waals surface area contributed by atoms with E-state index < -0.39 is 0 Å². The molecule has 1 aliphatic carbocycles. The molecule has 1 saturated carbocycles. The van der Waals surface area contributed by atoms with Crippen LogP contribution in [0.4, 0.5) is 5.69 Å². The number of nitrogens with zero attached hydrogens (tertiary/aromatic N) is 2. The van der Waals surface area contributed by atoms with Crippen LogP contribution < -0.4 is 10.6 Å². The number of amides is 3. The summed E-state index contributed by atoms with van der Waals surface area (Å²) in [5.41, 5.74) is 1.81. The van der Waals surface area contributed by atoms with Crippen LogP contribution >= 0.6 is 0 Å². The van der Waals surface area contributed by atoms with Crippen molar-refractivity contribution in [2.24, 2.45) is 0 Å². The summed E-state index contributed by atoms with van der Waals surface area (Å²) in [7, 11) is 3.29. The van der Waals surface area contributed by atoms with Gasteiger partial charge in [0.25, 0.3) is 0 Å². The number of nitrogens with one attached hydrogen (secondary N) is 2. The fourth-order valence-corrected chi connectivity index (χ4v) is 2.29. The monoisotopic (exact) mass is 346 g/mol. The van der Waals surface area contributed by atoms with Gasteiger partial charge in [-0.2, -0.15) is 0 Å². The van der Waals surface area contributed by atoms with Gasteiger partial charge in [-0.15, -0.1) is 0 Å². The zero-order valence-corrected chi connectivity index (χ0v) is 15.0. The van der Waals surface area contributed by atoms with Gasteiger partial charge < -0.3 is 15.5 Å². The molecule has 25 heavy (non-hydrogen) atoms. The van der Waals surface area contributed by atoms with Gasteiger partial charge in [-0.05, 0) is 38.9 Å². The molecule has 1 aromatic rings. The Morgan fingerprint density at radius 2 is 1.64 bits per heavy atom. The molecular weight excluding hydrogens is 320 g/mol. The summed E-state index contributed by atoms with van der Waals surface area (Å²) >= 11 is 0. The molecule has 2 rings (SSSR count). The minimum Gasteiger partial charge on any atom is -0.352 e. The third kappa shape index (κ3) is 6.93. The Labute approximate surface area is 148 Å². The van der Waals surface area contributed by atoms with Gasteiger partial charge in [0.2, 0.25) is 17.7 Å². The van der Waals surface area contributed by atoms with E-state index in [1.165, 1.54) is 4.90 Å². The molecule has 3 amide bonds. The van der Waals surface area contributed by atoms with Crippen LogP contribution in [0, 0.1) is 6.92 Å². The minimum absolute atomic E-state index is 0.0329. The molecule has 0 aliphatic heterocycles. The predicted molar refractivity (Wildman–Crippen MR) is 96.1 cm³/mol. The van der Waals surface area contributed by atoms with Crippen LogP contribution in [-0.4, -0.2) is 67.3 Å². The van der Waals surface area contributed by atoms with Crippen LogP contribution in [0.3, 0.4) is 0 Å². The van der Waals surface area contributed by atoms with Crippen molar-refractivity contribution in [3.8, 4) is 0 Å². The van der Waals surface area contributed by atoms with Gasteiger partial charge >= 0.3 is 0 Å². The number of hydrogen-bond donors (Lipinski definition) is 2. The zero-order valence-electron chi connectivity index (χ0n) is 15.0. The van der Waals surface area contributed by atoms with Gasteiger partial charge in [0.1, 0.15) is 0 Å². The van der Waals surface area contributed by atoms with Crippen molar-refractivity contribution in [2.45, 2.75) is 25.8 Å². The molecule has 0 radical (unpaired) electrons. The van der Waals surface area contributed by atoms with Gasteiger partial charge in [-0.3, -0.25) is 19.3 Å². The second-order valence-corrected chi connectivity index (χ2v) is 6.68. The third-order valence-electron chi connectivity index (χ3n) is 3.90. The number of rotatable bonds is 8. The second kappa shape index (κ2) is 8.62. The van der Waals surface area contributed by atoms with E-state index in [0.29, 0.717) is 11.7 Å². The molecule has 136 valence electrons. The molecule has 1 fully saturated rings. The van der Waals surface area contributed by atoms with Crippen molar-refractivity contribution in [1.29, 1.82) is 0 Å². The molecule has 0 heterocycles. The van der Waals surface area contributed by atoms with Crippen molar-refractivity contribution in [2.75, 3.05) is 39.0 Å². The highest BCUT2D eigenvalue weighted by Gasteiger charge is 2.24. The maximum atomic E-state index is 12.2. The fourth-order valence-electron chi connectivity index (χ4n) is 2.29. The van der Waals surface area contributed by atoms with Crippen LogP contribution in [0.25, 0.3) is 0 Å². The Morgan fingerprint density at radius 3 is 2.24 bits per heavy atom. The van der Waals surface area contributed by atoms with E-state index in [9.17, 15) is 14.4 Å². The summed E-state index contributed by atoms with van der Waals surface area (Å²) in [6.07, 6.45) is 2.07. The molecule has 1 aromatic carbocycles. The van der Waals surface area contributed by atoms with Crippen molar-refractivity contribution in [3.05, 3.63) is 29.8 Å². The first-order valence-electron chi connectivity index (χ1n) is 8.42. The minimum atomic E-state index is -0.256. The number of anilines is 1. The zero-order chi connectivity index (χ0) is 18.4. The van der Waals surface area contributed by atoms with E-state index in [4.69, 9.17) is 0 Å². The molecule has 7 heteroatoms. The normalized spacial score (nSPS) is 13.4. The SMILES string of the molecule is Cc1ccc(NC(=O)CN(C)C(=O)CN(C)CC(=O)NC2CC2)cc1. The summed E-state index contributed by atoms with van der Waals surface area (Å²) < 4.78 is 0. The summed E-state index contributed by atoms with van der Waals surface area (Å²) in [5, 5.41) is 5.64. The standard InChI is InChI=1S/C18H26N4O3/c1-13-4-6-14(7-5-13)20-17(24)11-22(3)18(25)12-21(2)10-16(23)19-15-8-9-15/h4-7,15H,8-12H2,1-3H3,(H,19,23)(H,20,24). The average molecular weight is 346 g/mol. The molecule has 0 spiro atoms. The lowest BCUT2D eigenvalue weighted by atomic mass is 10.2. The van der Waals surface area contributed by atoms with E-state index in [0.717, 1.165) is 18.4 Å². The van der Waals surface area contributed by atoms with E-state index in [1.807, 2.05) is 31.2 Å². The summed E-state index contributed by atoms with van der Waals surface area (Å²) in [6.45, 7) is 2.20.